The summed E-state index contributed by atoms with van der Waals surface area (Å²) in [7, 11) is 2.14. The van der Waals surface area contributed by atoms with Crippen molar-refractivity contribution in [3.8, 4) is 0 Å². The maximum Gasteiger partial charge on any atom is 0.251 e. The van der Waals surface area contributed by atoms with E-state index in [0.29, 0.717) is 18.2 Å². The normalized spacial score (nSPS) is 20.7. The number of nitrogens with one attached hydrogen (secondary N) is 1. The van der Waals surface area contributed by atoms with Crippen LogP contribution < -0.4 is 10.2 Å². The molecule has 2 saturated heterocycles. The monoisotopic (exact) mass is 393 g/mol. The van der Waals surface area contributed by atoms with Crippen molar-refractivity contribution in [2.45, 2.75) is 25.4 Å². The molecule has 2 aromatic rings. The van der Waals surface area contributed by atoms with Crippen LogP contribution in [-0.2, 0) is 6.54 Å². The van der Waals surface area contributed by atoms with Crippen molar-refractivity contribution in [2.24, 2.45) is 0 Å². The highest BCUT2D eigenvalue weighted by atomic mass is 16.1. The average molecular weight is 394 g/mol. The number of carbonyl (C=O) groups excluding carboxylic acids is 1. The number of nitrogens with zero attached hydrogens (tertiary/aromatic N) is 4. The summed E-state index contributed by atoms with van der Waals surface area (Å²) in [6.07, 6.45) is 4.08. The van der Waals surface area contributed by atoms with Crippen molar-refractivity contribution in [1.29, 1.82) is 0 Å². The molecule has 1 aromatic carbocycles. The van der Waals surface area contributed by atoms with Gasteiger partial charge < -0.3 is 15.1 Å². The second-order valence-electron chi connectivity index (χ2n) is 8.16. The molecule has 4 rings (SSSR count). The first-order valence-corrected chi connectivity index (χ1v) is 10.6. The molecule has 1 amide bonds. The third-order valence-corrected chi connectivity index (χ3v) is 6.06. The third kappa shape index (κ3) is 5.14. The second-order valence-corrected chi connectivity index (χ2v) is 8.16. The Bertz CT molecular complexity index is 804. The lowest BCUT2D eigenvalue weighted by atomic mass is 10.1. The van der Waals surface area contributed by atoms with Crippen molar-refractivity contribution in [3.05, 3.63) is 59.8 Å². The molecular weight excluding hydrogens is 362 g/mol. The quantitative estimate of drug-likeness (QED) is 0.816. The molecule has 0 radical (unpaired) electrons. The van der Waals surface area contributed by atoms with Gasteiger partial charge in [-0.3, -0.25) is 9.69 Å². The number of hydrogen-bond acceptors (Lipinski definition) is 5. The van der Waals surface area contributed by atoms with Crippen LogP contribution in [0.1, 0.15) is 28.8 Å². The molecule has 1 aromatic heterocycles. The Morgan fingerprint density at radius 1 is 1.10 bits per heavy atom. The summed E-state index contributed by atoms with van der Waals surface area (Å²) in [6.45, 7) is 6.69. The van der Waals surface area contributed by atoms with Gasteiger partial charge in [0.2, 0.25) is 0 Å². The van der Waals surface area contributed by atoms with Gasteiger partial charge in [0, 0.05) is 57.1 Å². The predicted molar refractivity (Wildman–Crippen MR) is 116 cm³/mol. The standard InChI is InChI=1S/C23H31N5O/c1-26-12-14-27(15-13-26)22-16-20(9-10-24-22)23(29)25-17-21-8-5-11-28(21)18-19-6-3-2-4-7-19/h2-4,6-7,9-10,16,21H,5,8,11-15,17-18H2,1H3,(H,25,29). The number of anilines is 1. The lowest BCUT2D eigenvalue weighted by molar-refractivity contribution is 0.0939. The fourth-order valence-corrected chi connectivity index (χ4v) is 4.23. The SMILES string of the molecule is CN1CCN(c2cc(C(=O)NCC3CCCN3Cc3ccccc3)ccn2)CC1. The maximum atomic E-state index is 12.8. The molecule has 6 heteroatoms. The van der Waals surface area contributed by atoms with Gasteiger partial charge in [0.15, 0.2) is 0 Å². The van der Waals surface area contributed by atoms with Gasteiger partial charge in [-0.25, -0.2) is 4.98 Å². The predicted octanol–water partition coefficient (Wildman–Crippen LogP) is 2.23. The van der Waals surface area contributed by atoms with Gasteiger partial charge in [0.1, 0.15) is 5.82 Å². The Labute approximate surface area is 173 Å². The van der Waals surface area contributed by atoms with E-state index in [1.807, 2.05) is 12.1 Å². The van der Waals surface area contributed by atoms with E-state index in [9.17, 15) is 4.79 Å². The summed E-state index contributed by atoms with van der Waals surface area (Å²) in [5.74, 6) is 0.895. The van der Waals surface area contributed by atoms with Crippen molar-refractivity contribution in [1.82, 2.24) is 20.1 Å². The molecule has 2 aliphatic rings. The number of aromatic nitrogens is 1. The van der Waals surface area contributed by atoms with Gasteiger partial charge in [-0.1, -0.05) is 30.3 Å². The van der Waals surface area contributed by atoms with E-state index in [1.54, 1.807) is 6.20 Å². The van der Waals surface area contributed by atoms with Gasteiger partial charge in [-0.05, 0) is 44.1 Å². The summed E-state index contributed by atoms with van der Waals surface area (Å²) < 4.78 is 0. The van der Waals surface area contributed by atoms with Crippen molar-refractivity contribution in [3.63, 3.8) is 0 Å². The van der Waals surface area contributed by atoms with Crippen LogP contribution in [0.4, 0.5) is 5.82 Å². The molecule has 1 N–H and O–H groups in total. The molecule has 0 bridgehead atoms. The smallest absolute Gasteiger partial charge is 0.251 e. The van der Waals surface area contributed by atoms with Gasteiger partial charge in [0.25, 0.3) is 5.91 Å². The molecule has 0 spiro atoms. The van der Waals surface area contributed by atoms with E-state index in [0.717, 1.165) is 51.5 Å². The molecular formula is C23H31N5O. The first kappa shape index (κ1) is 19.9. The molecule has 0 aliphatic carbocycles. The number of pyridine rings is 1. The Morgan fingerprint density at radius 2 is 1.90 bits per heavy atom. The van der Waals surface area contributed by atoms with Crippen LogP contribution in [-0.4, -0.2) is 73.0 Å². The molecule has 3 heterocycles. The summed E-state index contributed by atoms with van der Waals surface area (Å²) in [4.78, 5) is 24.3. The van der Waals surface area contributed by atoms with Crippen LogP contribution in [0.2, 0.25) is 0 Å². The van der Waals surface area contributed by atoms with E-state index in [-0.39, 0.29) is 5.91 Å². The minimum absolute atomic E-state index is 0.00524. The van der Waals surface area contributed by atoms with Gasteiger partial charge in [-0.2, -0.15) is 0 Å². The summed E-state index contributed by atoms with van der Waals surface area (Å²) in [6, 6.07) is 14.7. The van der Waals surface area contributed by atoms with E-state index in [1.165, 1.54) is 12.0 Å². The molecule has 2 aliphatic heterocycles. The fraction of sp³-hybridized carbons (Fsp3) is 0.478. The maximum absolute atomic E-state index is 12.8. The number of rotatable bonds is 6. The zero-order chi connectivity index (χ0) is 20.1. The van der Waals surface area contributed by atoms with Crippen LogP contribution >= 0.6 is 0 Å². The number of carbonyl (C=O) groups is 1. The Morgan fingerprint density at radius 3 is 2.69 bits per heavy atom. The number of likely N-dealkylation sites (N-methyl/N-ethyl adjacent to an activating group) is 1. The largest absolute Gasteiger partial charge is 0.354 e. The van der Waals surface area contributed by atoms with Crippen molar-refractivity contribution in [2.75, 3.05) is 51.2 Å². The van der Waals surface area contributed by atoms with Gasteiger partial charge in [-0.15, -0.1) is 0 Å². The number of amides is 1. The first-order valence-electron chi connectivity index (χ1n) is 10.6. The van der Waals surface area contributed by atoms with E-state index in [4.69, 9.17) is 0 Å². The number of hydrogen-bond donors (Lipinski definition) is 1. The average Bonchev–Trinajstić information content (AvgIpc) is 3.20. The minimum Gasteiger partial charge on any atom is -0.354 e. The minimum atomic E-state index is -0.00524. The lowest BCUT2D eigenvalue weighted by Crippen LogP contribution is -2.45. The number of likely N-dealkylation sites (tertiary alicyclic amines) is 1. The van der Waals surface area contributed by atoms with E-state index < -0.39 is 0 Å². The molecule has 1 unspecified atom stereocenters. The topological polar surface area (TPSA) is 51.7 Å². The highest BCUT2D eigenvalue weighted by Crippen LogP contribution is 2.20. The van der Waals surface area contributed by atoms with Crippen molar-refractivity contribution < 1.29 is 4.79 Å². The molecule has 154 valence electrons. The molecule has 2 fully saturated rings. The highest BCUT2D eigenvalue weighted by molar-refractivity contribution is 5.94. The van der Waals surface area contributed by atoms with Crippen LogP contribution in [0.25, 0.3) is 0 Å². The Kier molecular flexibility index (Phi) is 6.42. The van der Waals surface area contributed by atoms with E-state index in [2.05, 4.69) is 62.4 Å². The fourth-order valence-electron chi connectivity index (χ4n) is 4.23. The van der Waals surface area contributed by atoms with Crippen molar-refractivity contribution >= 4 is 11.7 Å². The summed E-state index contributed by atoms with van der Waals surface area (Å²) in [5, 5.41) is 3.16. The molecule has 0 saturated carbocycles. The molecule has 29 heavy (non-hydrogen) atoms. The second kappa shape index (κ2) is 9.37. The van der Waals surface area contributed by atoms with Gasteiger partial charge >= 0.3 is 0 Å². The Hall–Kier alpha value is -2.44. The molecule has 6 nitrogen and oxygen atoms in total. The van der Waals surface area contributed by atoms with Crippen LogP contribution in [0.3, 0.4) is 0 Å². The third-order valence-electron chi connectivity index (χ3n) is 6.06. The van der Waals surface area contributed by atoms with E-state index >= 15 is 0 Å². The zero-order valence-electron chi connectivity index (χ0n) is 17.3. The number of piperazine rings is 1. The zero-order valence-corrected chi connectivity index (χ0v) is 17.3. The number of benzene rings is 1. The first-order chi connectivity index (χ1) is 14.2. The van der Waals surface area contributed by atoms with Crippen LogP contribution in [0, 0.1) is 0 Å². The molecule has 1 atom stereocenters. The van der Waals surface area contributed by atoms with Gasteiger partial charge in [0.05, 0.1) is 0 Å². The summed E-state index contributed by atoms with van der Waals surface area (Å²) in [5.41, 5.74) is 2.03. The lowest BCUT2D eigenvalue weighted by Gasteiger charge is -2.33. The summed E-state index contributed by atoms with van der Waals surface area (Å²) >= 11 is 0. The van der Waals surface area contributed by atoms with Crippen LogP contribution in [0.5, 0.6) is 0 Å². The Balaban J connectivity index is 1.33. The highest BCUT2D eigenvalue weighted by Gasteiger charge is 2.25. The van der Waals surface area contributed by atoms with Crippen LogP contribution in [0.15, 0.2) is 48.7 Å².